The number of aromatic amines is 1. The number of anilines is 2. The van der Waals surface area contributed by atoms with Crippen molar-refractivity contribution in [2.45, 2.75) is 19.1 Å². The molecule has 2 aromatic rings. The Morgan fingerprint density at radius 3 is 2.57 bits per heavy atom. The zero-order valence-corrected chi connectivity index (χ0v) is 15.1. The lowest BCUT2D eigenvalue weighted by Gasteiger charge is -2.19. The number of carbonyl (C=O) groups is 1. The minimum absolute atomic E-state index is 0.0383. The van der Waals surface area contributed by atoms with E-state index in [0.29, 0.717) is 5.56 Å². The molecule has 0 amide bonds. The second-order valence-electron chi connectivity index (χ2n) is 5.76. The third kappa shape index (κ3) is 5.47. The highest BCUT2D eigenvalue weighted by Crippen LogP contribution is 2.38. The molecule has 2 rings (SSSR count). The van der Waals surface area contributed by atoms with Gasteiger partial charge in [0.25, 0.3) is 5.56 Å². The molecule has 0 radical (unpaired) electrons. The summed E-state index contributed by atoms with van der Waals surface area (Å²) in [5, 5.41) is 31.4. The molecule has 1 aromatic heterocycles. The summed E-state index contributed by atoms with van der Waals surface area (Å²) in [6.07, 6.45) is 0.877. The number of pyridine rings is 1. The number of hydrogen-bond acceptors (Lipinski definition) is 8. The highest BCUT2D eigenvalue weighted by Gasteiger charge is 2.24. The molecule has 12 nitrogen and oxygen atoms in total. The van der Waals surface area contributed by atoms with Crippen LogP contribution in [0.15, 0.2) is 29.2 Å². The number of H-pyrrole nitrogens is 1. The normalized spacial score (nSPS) is 12.5. The van der Waals surface area contributed by atoms with Crippen LogP contribution in [0.1, 0.15) is 11.1 Å². The van der Waals surface area contributed by atoms with Crippen LogP contribution in [0.5, 0.6) is 11.5 Å². The Morgan fingerprint density at radius 2 is 2.00 bits per heavy atom. The number of aromatic hydroxyl groups is 2. The molecule has 0 saturated heterocycles. The first kappa shape index (κ1) is 21.3. The fourth-order valence-electron chi connectivity index (χ4n) is 2.33. The summed E-state index contributed by atoms with van der Waals surface area (Å²) < 4.78 is 15.2. The first-order chi connectivity index (χ1) is 13.0. The van der Waals surface area contributed by atoms with E-state index in [4.69, 9.17) is 15.5 Å². The zero-order chi connectivity index (χ0) is 21.1. The number of hydrogen-bond donors (Lipinski definition) is 8. The summed E-state index contributed by atoms with van der Waals surface area (Å²) in [6, 6.07) is 2.74. The number of phosphoric ester groups is 1. The van der Waals surface area contributed by atoms with Gasteiger partial charge in [-0.2, -0.15) is 0 Å². The second kappa shape index (κ2) is 8.31. The molecule has 0 fully saturated rings. The number of aromatic nitrogens is 1. The lowest BCUT2D eigenvalue weighted by molar-refractivity contribution is -0.137. The van der Waals surface area contributed by atoms with Gasteiger partial charge < -0.3 is 41.1 Å². The van der Waals surface area contributed by atoms with E-state index in [-0.39, 0.29) is 29.1 Å². The number of rotatable bonds is 8. The standard InChI is InChI=1S/C15H18N3O9P/c16-9-3-7(1-2-11(9)19)4-10(15(22)23)18-12-8(6-27-28(24,25)26)5-17-14(21)13(12)20/h1-3,5,10,19-20H,4,6,16H2,(H,22,23)(H2,17,18,21)(H2,24,25,26)/t10-/m0/s1. The maximum absolute atomic E-state index is 11.7. The monoisotopic (exact) mass is 415 g/mol. The first-order valence-electron chi connectivity index (χ1n) is 7.68. The first-order valence-corrected chi connectivity index (χ1v) is 9.21. The molecule has 13 heteroatoms. The van der Waals surface area contributed by atoms with E-state index in [0.717, 1.165) is 6.20 Å². The zero-order valence-electron chi connectivity index (χ0n) is 14.2. The summed E-state index contributed by atoms with van der Waals surface area (Å²) in [5.74, 6) is -2.39. The summed E-state index contributed by atoms with van der Waals surface area (Å²) in [5.41, 5.74) is 4.67. The second-order valence-corrected chi connectivity index (χ2v) is 7.00. The maximum Gasteiger partial charge on any atom is 0.469 e. The Kier molecular flexibility index (Phi) is 6.31. The van der Waals surface area contributed by atoms with Crippen LogP contribution in [0.3, 0.4) is 0 Å². The minimum Gasteiger partial charge on any atom is -0.506 e. The van der Waals surface area contributed by atoms with Crippen LogP contribution < -0.4 is 16.6 Å². The number of carboxylic acids is 1. The van der Waals surface area contributed by atoms with Gasteiger partial charge in [-0.1, -0.05) is 6.07 Å². The van der Waals surface area contributed by atoms with Crippen LogP contribution in [-0.2, 0) is 26.9 Å². The number of phosphoric acid groups is 1. The Labute approximate surface area is 157 Å². The maximum atomic E-state index is 11.7. The van der Waals surface area contributed by atoms with E-state index in [1.165, 1.54) is 18.2 Å². The molecule has 1 aromatic carbocycles. The molecule has 0 unspecified atom stereocenters. The molecule has 1 atom stereocenters. The van der Waals surface area contributed by atoms with Gasteiger partial charge in [0.05, 0.1) is 18.0 Å². The van der Waals surface area contributed by atoms with E-state index in [2.05, 4.69) is 14.8 Å². The SMILES string of the molecule is Nc1cc(C[C@H](Nc2c(COP(=O)(O)O)c[nH]c(=O)c2O)C(=O)O)ccc1O. The van der Waals surface area contributed by atoms with Gasteiger partial charge in [0.15, 0.2) is 0 Å². The number of carboxylic acid groups (broad SMARTS) is 1. The van der Waals surface area contributed by atoms with Crippen molar-refractivity contribution in [1.82, 2.24) is 4.98 Å². The van der Waals surface area contributed by atoms with E-state index >= 15 is 0 Å². The van der Waals surface area contributed by atoms with Crippen molar-refractivity contribution in [2.24, 2.45) is 0 Å². The molecule has 28 heavy (non-hydrogen) atoms. The number of phenols is 1. The van der Waals surface area contributed by atoms with Crippen molar-refractivity contribution in [2.75, 3.05) is 11.1 Å². The van der Waals surface area contributed by atoms with Crippen molar-refractivity contribution in [3.8, 4) is 11.5 Å². The Hall–Kier alpha value is -3.05. The van der Waals surface area contributed by atoms with E-state index in [1.54, 1.807) is 0 Å². The highest BCUT2D eigenvalue weighted by molar-refractivity contribution is 7.46. The predicted octanol–water partition coefficient (Wildman–Crippen LogP) is 0.0854. The number of aliphatic carboxylic acids is 1. The van der Waals surface area contributed by atoms with Gasteiger partial charge in [-0.25, -0.2) is 9.36 Å². The van der Waals surface area contributed by atoms with Gasteiger partial charge in [-0.05, 0) is 17.7 Å². The molecule has 0 saturated carbocycles. The van der Waals surface area contributed by atoms with E-state index < -0.39 is 37.7 Å². The molecule has 0 aliphatic rings. The third-order valence-corrected chi connectivity index (χ3v) is 4.15. The molecule has 0 spiro atoms. The average Bonchev–Trinajstić information content (AvgIpc) is 2.59. The van der Waals surface area contributed by atoms with Gasteiger partial charge in [0, 0.05) is 18.2 Å². The molecule has 1 heterocycles. The molecule has 0 aliphatic heterocycles. The fourth-order valence-corrected chi connectivity index (χ4v) is 2.64. The summed E-state index contributed by atoms with van der Waals surface area (Å²) in [4.78, 5) is 43.0. The van der Waals surface area contributed by atoms with Crippen molar-refractivity contribution in [1.29, 1.82) is 0 Å². The predicted molar refractivity (Wildman–Crippen MR) is 96.8 cm³/mol. The van der Waals surface area contributed by atoms with E-state index in [1.807, 2.05) is 0 Å². The van der Waals surface area contributed by atoms with Crippen LogP contribution >= 0.6 is 7.82 Å². The molecule has 9 N–H and O–H groups in total. The molecule has 0 aliphatic carbocycles. The Bertz CT molecular complexity index is 985. The van der Waals surface area contributed by atoms with Gasteiger partial charge in [0.2, 0.25) is 5.75 Å². The molecule has 152 valence electrons. The Balaban J connectivity index is 2.34. The number of nitrogens with one attached hydrogen (secondary N) is 2. The van der Waals surface area contributed by atoms with Crippen molar-refractivity contribution >= 4 is 25.2 Å². The van der Waals surface area contributed by atoms with Crippen LogP contribution in [-0.4, -0.2) is 42.1 Å². The van der Waals surface area contributed by atoms with Gasteiger partial charge >= 0.3 is 13.8 Å². The van der Waals surface area contributed by atoms with Crippen LogP contribution in [0.25, 0.3) is 0 Å². The van der Waals surface area contributed by atoms with Crippen molar-refractivity contribution in [3.63, 3.8) is 0 Å². The van der Waals surface area contributed by atoms with Gasteiger partial charge in [0.1, 0.15) is 11.8 Å². The smallest absolute Gasteiger partial charge is 0.469 e. The van der Waals surface area contributed by atoms with Crippen LogP contribution in [0.2, 0.25) is 0 Å². The quantitative estimate of drug-likeness (QED) is 0.164. The van der Waals surface area contributed by atoms with Gasteiger partial charge in [-0.3, -0.25) is 9.32 Å². The largest absolute Gasteiger partial charge is 0.506 e. The third-order valence-electron chi connectivity index (χ3n) is 3.69. The van der Waals surface area contributed by atoms with Crippen molar-refractivity contribution < 1.29 is 39.0 Å². The van der Waals surface area contributed by atoms with Crippen LogP contribution in [0.4, 0.5) is 11.4 Å². The number of benzene rings is 1. The van der Waals surface area contributed by atoms with Gasteiger partial charge in [-0.15, -0.1) is 0 Å². The summed E-state index contributed by atoms with van der Waals surface area (Å²) in [7, 11) is -4.85. The molecular formula is C15H18N3O9P. The minimum atomic E-state index is -4.85. The Morgan fingerprint density at radius 1 is 1.32 bits per heavy atom. The van der Waals surface area contributed by atoms with Crippen LogP contribution in [0, 0.1) is 0 Å². The highest BCUT2D eigenvalue weighted by atomic mass is 31.2. The lowest BCUT2D eigenvalue weighted by Crippen LogP contribution is -2.32. The van der Waals surface area contributed by atoms with Crippen molar-refractivity contribution in [3.05, 3.63) is 45.9 Å². The number of nitrogen functional groups attached to an aromatic ring is 1. The fraction of sp³-hybridized carbons (Fsp3) is 0.200. The summed E-state index contributed by atoms with van der Waals surface area (Å²) in [6.45, 7) is -0.713. The topological polar surface area (TPSA) is 215 Å². The molecular weight excluding hydrogens is 397 g/mol. The molecule has 0 bridgehead atoms. The van der Waals surface area contributed by atoms with E-state index in [9.17, 15) is 29.5 Å². The average molecular weight is 415 g/mol. The lowest BCUT2D eigenvalue weighted by atomic mass is 10.0. The number of nitrogens with two attached hydrogens (primary N) is 1. The number of phenolic OH excluding ortho intramolecular Hbond substituents is 1. The summed E-state index contributed by atoms with van der Waals surface area (Å²) >= 11 is 0.